The van der Waals surface area contributed by atoms with Gasteiger partial charge >= 0.3 is 0 Å². The van der Waals surface area contributed by atoms with Crippen LogP contribution in [0.4, 0.5) is 0 Å². The smallest absolute Gasteiger partial charge is 0.0341 e. The van der Waals surface area contributed by atoms with Crippen LogP contribution in [-0.4, -0.2) is 5.38 Å². The highest BCUT2D eigenvalue weighted by Crippen LogP contribution is 2.39. The summed E-state index contributed by atoms with van der Waals surface area (Å²) >= 11 is 6.41. The average molecular weight is 263 g/mol. The van der Waals surface area contributed by atoms with E-state index in [1.54, 1.807) is 11.1 Å². The topological polar surface area (TPSA) is 0 Å². The van der Waals surface area contributed by atoms with Gasteiger partial charge in [0.15, 0.2) is 0 Å². The summed E-state index contributed by atoms with van der Waals surface area (Å²) in [5, 5.41) is 0.393. The first-order chi connectivity index (χ1) is 8.83. The second-order valence-corrected chi connectivity index (χ2v) is 6.73. The van der Waals surface area contributed by atoms with Gasteiger partial charge in [-0.2, -0.15) is 0 Å². The summed E-state index contributed by atoms with van der Waals surface area (Å²) in [5.74, 6) is 1.55. The predicted molar refractivity (Wildman–Crippen MR) is 78.5 cm³/mol. The fourth-order valence-electron chi connectivity index (χ4n) is 3.41. The van der Waals surface area contributed by atoms with Crippen LogP contribution in [0.3, 0.4) is 0 Å². The van der Waals surface area contributed by atoms with Gasteiger partial charge in [0, 0.05) is 5.38 Å². The summed E-state index contributed by atoms with van der Waals surface area (Å²) in [7, 11) is 0. The van der Waals surface area contributed by atoms with E-state index in [1.165, 1.54) is 51.4 Å². The van der Waals surface area contributed by atoms with Crippen LogP contribution in [0.2, 0.25) is 0 Å². The van der Waals surface area contributed by atoms with Crippen LogP contribution in [0, 0.1) is 0 Å². The van der Waals surface area contributed by atoms with E-state index >= 15 is 0 Å². The average Bonchev–Trinajstić information content (AvgIpc) is 2.52. The lowest BCUT2D eigenvalue weighted by molar-refractivity contribution is 0.419. The Labute approximate surface area is 116 Å². The zero-order chi connectivity index (χ0) is 12.4. The lowest BCUT2D eigenvalue weighted by Gasteiger charge is -2.27. The maximum absolute atomic E-state index is 6.41. The van der Waals surface area contributed by atoms with E-state index in [9.17, 15) is 0 Å². The molecule has 2 unspecified atom stereocenters. The van der Waals surface area contributed by atoms with Gasteiger partial charge in [-0.05, 0) is 55.1 Å². The Morgan fingerprint density at radius 2 is 1.50 bits per heavy atom. The Hall–Kier alpha value is -0.490. The van der Waals surface area contributed by atoms with Crippen LogP contribution in [0.5, 0.6) is 0 Å². The van der Waals surface area contributed by atoms with Gasteiger partial charge in [0.1, 0.15) is 0 Å². The molecule has 0 heterocycles. The highest BCUT2D eigenvalue weighted by atomic mass is 35.5. The molecule has 2 aliphatic rings. The van der Waals surface area contributed by atoms with Crippen molar-refractivity contribution < 1.29 is 0 Å². The van der Waals surface area contributed by atoms with E-state index in [2.05, 4.69) is 24.3 Å². The van der Waals surface area contributed by atoms with Gasteiger partial charge in [0.25, 0.3) is 0 Å². The zero-order valence-electron chi connectivity index (χ0n) is 11.1. The molecule has 1 aromatic rings. The molecule has 3 rings (SSSR count). The normalized spacial score (nSPS) is 29.6. The Morgan fingerprint density at radius 1 is 0.833 bits per heavy atom. The molecule has 98 valence electrons. The quantitative estimate of drug-likeness (QED) is 0.480. The molecule has 2 aliphatic carbocycles. The molecule has 0 N–H and O–H groups in total. The first kappa shape index (κ1) is 12.5. The molecule has 0 spiro atoms. The molecule has 1 heteroatoms. The van der Waals surface area contributed by atoms with Crippen molar-refractivity contribution >= 4 is 11.6 Å². The van der Waals surface area contributed by atoms with E-state index in [4.69, 9.17) is 11.6 Å². The van der Waals surface area contributed by atoms with Crippen LogP contribution in [0.25, 0.3) is 0 Å². The second kappa shape index (κ2) is 5.65. The van der Waals surface area contributed by atoms with Crippen LogP contribution < -0.4 is 0 Å². The van der Waals surface area contributed by atoms with Crippen molar-refractivity contribution in [3.63, 3.8) is 0 Å². The Balaban J connectivity index is 1.77. The van der Waals surface area contributed by atoms with E-state index in [0.717, 1.165) is 5.92 Å². The Kier molecular flexibility index (Phi) is 3.94. The highest BCUT2D eigenvalue weighted by Gasteiger charge is 2.23. The molecule has 0 saturated heterocycles. The number of rotatable bonds is 2. The first-order valence-corrected chi connectivity index (χ1v) is 8.00. The number of benzene rings is 1. The maximum Gasteiger partial charge on any atom is 0.0341 e. The zero-order valence-corrected chi connectivity index (χ0v) is 11.8. The molecule has 0 aromatic heterocycles. The summed E-state index contributed by atoms with van der Waals surface area (Å²) in [5.41, 5.74) is 3.13. The molecule has 0 amide bonds. The molecule has 0 bridgehead atoms. The lowest BCUT2D eigenvalue weighted by Crippen LogP contribution is -2.10. The number of hydrogen-bond donors (Lipinski definition) is 0. The van der Waals surface area contributed by atoms with Crippen molar-refractivity contribution in [2.45, 2.75) is 68.6 Å². The third-order valence-electron chi connectivity index (χ3n) is 4.82. The first-order valence-electron chi connectivity index (χ1n) is 7.57. The molecular formula is C17H23Cl. The summed E-state index contributed by atoms with van der Waals surface area (Å²) in [6.07, 6.45) is 10.6. The molecule has 2 saturated carbocycles. The largest absolute Gasteiger partial charge is 0.123 e. The van der Waals surface area contributed by atoms with Crippen LogP contribution in [0.1, 0.15) is 74.3 Å². The summed E-state index contributed by atoms with van der Waals surface area (Å²) in [4.78, 5) is 0. The molecular weight excluding hydrogens is 240 g/mol. The van der Waals surface area contributed by atoms with Gasteiger partial charge in [-0.15, -0.1) is 11.6 Å². The van der Waals surface area contributed by atoms with Crippen molar-refractivity contribution in [1.82, 2.24) is 0 Å². The van der Waals surface area contributed by atoms with Crippen LogP contribution >= 0.6 is 11.6 Å². The minimum absolute atomic E-state index is 0.393. The molecule has 0 nitrogen and oxygen atoms in total. The molecule has 0 radical (unpaired) electrons. The molecule has 1 aromatic carbocycles. The second-order valence-electron chi connectivity index (χ2n) is 6.11. The number of alkyl halides is 1. The number of hydrogen-bond acceptors (Lipinski definition) is 0. The van der Waals surface area contributed by atoms with Gasteiger partial charge in [-0.25, -0.2) is 0 Å². The van der Waals surface area contributed by atoms with Gasteiger partial charge in [-0.3, -0.25) is 0 Å². The maximum atomic E-state index is 6.41. The minimum Gasteiger partial charge on any atom is -0.123 e. The van der Waals surface area contributed by atoms with E-state index < -0.39 is 0 Å². The molecule has 18 heavy (non-hydrogen) atoms. The third kappa shape index (κ3) is 2.74. The van der Waals surface area contributed by atoms with Crippen molar-refractivity contribution in [2.24, 2.45) is 0 Å². The monoisotopic (exact) mass is 262 g/mol. The molecule has 2 fully saturated rings. The van der Waals surface area contributed by atoms with E-state index in [-0.39, 0.29) is 0 Å². The van der Waals surface area contributed by atoms with Crippen molar-refractivity contribution in [3.8, 4) is 0 Å². The fourth-order valence-corrected chi connectivity index (χ4v) is 3.78. The summed E-state index contributed by atoms with van der Waals surface area (Å²) in [6.45, 7) is 0. The van der Waals surface area contributed by atoms with Crippen molar-refractivity contribution in [3.05, 3.63) is 35.4 Å². The lowest BCUT2D eigenvalue weighted by atomic mass is 9.78. The summed E-state index contributed by atoms with van der Waals surface area (Å²) < 4.78 is 0. The fraction of sp³-hybridized carbons (Fsp3) is 0.647. The van der Waals surface area contributed by atoms with Gasteiger partial charge < -0.3 is 0 Å². The van der Waals surface area contributed by atoms with Gasteiger partial charge in [0.05, 0.1) is 0 Å². The predicted octanol–water partition coefficient (Wildman–Crippen LogP) is 5.61. The van der Waals surface area contributed by atoms with Gasteiger partial charge in [0.2, 0.25) is 0 Å². The minimum atomic E-state index is 0.393. The Morgan fingerprint density at radius 3 is 2.22 bits per heavy atom. The van der Waals surface area contributed by atoms with Crippen molar-refractivity contribution in [1.29, 1.82) is 0 Å². The SMILES string of the molecule is ClC1CCCCC(c2cccc(C3CCC3)c2)C1. The standard InChI is InChI=1S/C17H23Cl/c18-17-10-2-1-5-16(12-17)15-9-4-8-14(11-15)13-6-3-7-13/h4,8-9,11,13,16-17H,1-3,5-7,10,12H2. The third-order valence-corrected chi connectivity index (χ3v) is 5.22. The van der Waals surface area contributed by atoms with Crippen LogP contribution in [-0.2, 0) is 0 Å². The van der Waals surface area contributed by atoms with Crippen LogP contribution in [0.15, 0.2) is 24.3 Å². The molecule has 2 atom stereocenters. The number of halogens is 1. The highest BCUT2D eigenvalue weighted by molar-refractivity contribution is 6.20. The summed E-state index contributed by atoms with van der Waals surface area (Å²) in [6, 6.07) is 9.38. The Bertz CT molecular complexity index is 394. The molecule has 0 aliphatic heterocycles. The van der Waals surface area contributed by atoms with E-state index in [0.29, 0.717) is 11.3 Å². The van der Waals surface area contributed by atoms with E-state index in [1.807, 2.05) is 0 Å². The van der Waals surface area contributed by atoms with Gasteiger partial charge in [-0.1, -0.05) is 43.5 Å². The van der Waals surface area contributed by atoms with Crippen molar-refractivity contribution in [2.75, 3.05) is 0 Å².